The van der Waals surface area contributed by atoms with Gasteiger partial charge in [0.25, 0.3) is 11.8 Å². The summed E-state index contributed by atoms with van der Waals surface area (Å²) in [5, 5.41) is 2.93. The highest BCUT2D eigenvalue weighted by molar-refractivity contribution is 6.76. The van der Waals surface area contributed by atoms with Crippen molar-refractivity contribution in [3.8, 4) is 16.9 Å². The molecule has 10 nitrogen and oxygen atoms in total. The Morgan fingerprint density at radius 3 is 2.40 bits per heavy atom. The number of carbonyl (C=O) groups is 3. The molecule has 218 valence electrons. The van der Waals surface area contributed by atoms with Crippen LogP contribution in [0.2, 0.25) is 25.7 Å². The second-order valence-electron chi connectivity index (χ2n) is 11.8. The van der Waals surface area contributed by atoms with Crippen LogP contribution in [0.4, 0.5) is 4.79 Å². The van der Waals surface area contributed by atoms with Gasteiger partial charge in [-0.05, 0) is 52.6 Å². The highest BCUT2D eigenvalue weighted by atomic mass is 28.3. The summed E-state index contributed by atoms with van der Waals surface area (Å²) in [4.78, 5) is 47.7. The molecular weight excluding hydrogens is 551 g/mol. The standard InChI is InChI=1S/C30H35BN4O6Si/c1-39-31-41-25-10-7-23-18-34(27(36)26(23)17-25)19-30(24-8-5-21(6-9-24)22-11-13-32-14-12-22)28(37)35(29(38)33-30)20-40-15-16-42(2,3)4/h5-14,17,31H,15-16,18-20H2,1-4H3,(H,33,38)/t30-/m0/s1. The number of amides is 4. The van der Waals surface area contributed by atoms with Crippen LogP contribution < -0.4 is 9.97 Å². The molecule has 12 heteroatoms. The molecule has 0 spiro atoms. The number of rotatable bonds is 12. The highest BCUT2D eigenvalue weighted by Crippen LogP contribution is 2.35. The molecule has 1 N–H and O–H groups in total. The van der Waals surface area contributed by atoms with Crippen LogP contribution in [-0.4, -0.2) is 75.4 Å². The van der Waals surface area contributed by atoms with Crippen molar-refractivity contribution in [1.29, 1.82) is 0 Å². The Morgan fingerprint density at radius 2 is 1.71 bits per heavy atom. The first kappa shape index (κ1) is 29.5. The number of carbonyl (C=O) groups excluding carboxylic acids is 3. The first-order chi connectivity index (χ1) is 20.1. The van der Waals surface area contributed by atoms with Crippen LogP contribution in [0.1, 0.15) is 21.5 Å². The summed E-state index contributed by atoms with van der Waals surface area (Å²) in [6, 6.07) is 16.9. The Bertz CT molecular complexity index is 1470. The Balaban J connectivity index is 1.43. The SMILES string of the molecule is COBOc1ccc2c(c1)C(=O)N(C[C@@]1(c3ccc(-c4ccncc4)cc3)NC(=O)N(COCC[Si](C)(C)C)C1=O)C2. The van der Waals surface area contributed by atoms with Gasteiger partial charge in [0.15, 0.2) is 5.54 Å². The molecule has 0 saturated carbocycles. The Labute approximate surface area is 247 Å². The smallest absolute Gasteiger partial charge is 0.506 e. The van der Waals surface area contributed by atoms with Crippen LogP contribution in [0.25, 0.3) is 11.1 Å². The normalized spacial score (nSPS) is 18.3. The number of pyridine rings is 1. The molecule has 0 radical (unpaired) electrons. The van der Waals surface area contributed by atoms with Gasteiger partial charge in [0, 0.05) is 46.3 Å². The lowest BCUT2D eigenvalue weighted by Gasteiger charge is -2.32. The Kier molecular flexibility index (Phi) is 8.48. The second-order valence-corrected chi connectivity index (χ2v) is 17.4. The largest absolute Gasteiger partial charge is 0.539 e. The van der Waals surface area contributed by atoms with E-state index in [1.807, 2.05) is 42.5 Å². The molecular formula is C30H35BN4O6Si. The molecule has 1 aromatic heterocycles. The summed E-state index contributed by atoms with van der Waals surface area (Å²) in [5.74, 6) is -0.184. The molecule has 4 amide bonds. The average Bonchev–Trinajstić information content (AvgIpc) is 3.41. The molecule has 1 fully saturated rings. The van der Waals surface area contributed by atoms with Crippen molar-refractivity contribution in [2.45, 2.75) is 37.8 Å². The molecule has 0 unspecified atom stereocenters. The van der Waals surface area contributed by atoms with Gasteiger partial charge in [-0.1, -0.05) is 50.0 Å². The maximum absolute atomic E-state index is 14.1. The van der Waals surface area contributed by atoms with E-state index in [1.54, 1.807) is 29.4 Å². The highest BCUT2D eigenvalue weighted by Gasteiger charge is 2.54. The number of aromatic nitrogens is 1. The van der Waals surface area contributed by atoms with Crippen molar-refractivity contribution < 1.29 is 28.4 Å². The van der Waals surface area contributed by atoms with Gasteiger partial charge < -0.3 is 24.3 Å². The van der Waals surface area contributed by atoms with E-state index in [1.165, 1.54) is 7.11 Å². The van der Waals surface area contributed by atoms with E-state index >= 15 is 0 Å². The zero-order valence-electron chi connectivity index (χ0n) is 24.4. The average molecular weight is 587 g/mol. The number of imide groups is 1. The first-order valence-electron chi connectivity index (χ1n) is 13.9. The minimum absolute atomic E-state index is 0.0423. The van der Waals surface area contributed by atoms with Crippen molar-refractivity contribution in [1.82, 2.24) is 20.1 Å². The third kappa shape index (κ3) is 6.10. The molecule has 0 bridgehead atoms. The van der Waals surface area contributed by atoms with E-state index in [0.29, 0.717) is 30.0 Å². The molecule has 2 aliphatic heterocycles. The van der Waals surface area contributed by atoms with Gasteiger partial charge in [-0.2, -0.15) is 0 Å². The van der Waals surface area contributed by atoms with Gasteiger partial charge in [-0.25, -0.2) is 9.69 Å². The lowest BCUT2D eigenvalue weighted by Crippen LogP contribution is -2.53. The lowest BCUT2D eigenvalue weighted by atomic mass is 9.87. The van der Waals surface area contributed by atoms with E-state index in [9.17, 15) is 14.4 Å². The molecule has 42 heavy (non-hydrogen) atoms. The maximum Gasteiger partial charge on any atom is 0.506 e. The van der Waals surface area contributed by atoms with Crippen LogP contribution in [0.5, 0.6) is 5.75 Å². The summed E-state index contributed by atoms with van der Waals surface area (Å²) in [6.45, 7) is 7.28. The van der Waals surface area contributed by atoms with E-state index in [-0.39, 0.29) is 26.9 Å². The van der Waals surface area contributed by atoms with Crippen molar-refractivity contribution in [3.05, 3.63) is 83.7 Å². The number of benzene rings is 2. The Hall–Kier alpha value is -4.00. The van der Waals surface area contributed by atoms with E-state index in [2.05, 4.69) is 29.9 Å². The number of urea groups is 1. The van der Waals surface area contributed by atoms with E-state index in [0.717, 1.165) is 27.6 Å². The second kappa shape index (κ2) is 12.1. The minimum Gasteiger partial charge on any atom is -0.539 e. The molecule has 1 saturated heterocycles. The number of ether oxygens (including phenoxy) is 1. The van der Waals surface area contributed by atoms with Crippen LogP contribution in [0.15, 0.2) is 67.0 Å². The van der Waals surface area contributed by atoms with Crippen LogP contribution >= 0.6 is 0 Å². The quantitative estimate of drug-likeness (QED) is 0.196. The zero-order valence-corrected chi connectivity index (χ0v) is 25.4. The number of hydrogen-bond acceptors (Lipinski definition) is 7. The first-order valence-corrected chi connectivity index (χ1v) is 17.6. The molecule has 0 aliphatic carbocycles. The number of fused-ring (bicyclic) bond motifs is 1. The van der Waals surface area contributed by atoms with Gasteiger partial charge in [0.05, 0.1) is 6.54 Å². The lowest BCUT2D eigenvalue weighted by molar-refractivity contribution is -0.135. The summed E-state index contributed by atoms with van der Waals surface area (Å²) < 4.78 is 16.3. The third-order valence-electron chi connectivity index (χ3n) is 7.52. The van der Waals surface area contributed by atoms with Crippen LogP contribution in [0.3, 0.4) is 0 Å². The van der Waals surface area contributed by atoms with Gasteiger partial charge in [-0.15, -0.1) is 0 Å². The van der Waals surface area contributed by atoms with Crippen LogP contribution in [-0.2, 0) is 26.3 Å². The molecule has 1 atom stereocenters. The fourth-order valence-corrected chi connectivity index (χ4v) is 5.89. The van der Waals surface area contributed by atoms with Crippen molar-refractivity contribution in [3.63, 3.8) is 0 Å². The molecule has 3 aromatic rings. The predicted molar refractivity (Wildman–Crippen MR) is 162 cm³/mol. The van der Waals surface area contributed by atoms with Gasteiger partial charge in [-0.3, -0.25) is 14.6 Å². The minimum atomic E-state index is -1.48. The fourth-order valence-electron chi connectivity index (χ4n) is 5.13. The summed E-state index contributed by atoms with van der Waals surface area (Å²) in [6.07, 6.45) is 3.43. The maximum atomic E-state index is 14.1. The van der Waals surface area contributed by atoms with Gasteiger partial charge >= 0.3 is 13.7 Å². The van der Waals surface area contributed by atoms with Gasteiger partial charge in [0.1, 0.15) is 12.5 Å². The summed E-state index contributed by atoms with van der Waals surface area (Å²) in [5.41, 5.74) is 2.32. The number of nitrogens with one attached hydrogen (secondary N) is 1. The van der Waals surface area contributed by atoms with Crippen molar-refractivity contribution in [2.75, 3.05) is 27.0 Å². The topological polar surface area (TPSA) is 110 Å². The molecule has 3 heterocycles. The molecule has 5 rings (SSSR count). The summed E-state index contributed by atoms with van der Waals surface area (Å²) in [7, 11) is 0.235. The predicted octanol–water partition coefficient (Wildman–Crippen LogP) is 3.76. The van der Waals surface area contributed by atoms with Crippen molar-refractivity contribution >= 4 is 33.6 Å². The van der Waals surface area contributed by atoms with E-state index < -0.39 is 25.6 Å². The number of hydrogen-bond donors (Lipinski definition) is 1. The summed E-state index contributed by atoms with van der Waals surface area (Å²) >= 11 is 0. The Morgan fingerprint density at radius 1 is 1.00 bits per heavy atom. The van der Waals surface area contributed by atoms with E-state index in [4.69, 9.17) is 14.0 Å². The third-order valence-corrected chi connectivity index (χ3v) is 9.22. The van der Waals surface area contributed by atoms with Crippen molar-refractivity contribution in [2.24, 2.45) is 0 Å². The fraction of sp³-hybridized carbons (Fsp3) is 0.333. The molecule has 2 aliphatic rings. The number of nitrogens with zero attached hydrogens (tertiary/aromatic N) is 3. The zero-order chi connectivity index (χ0) is 29.9. The monoisotopic (exact) mass is 586 g/mol. The van der Waals surface area contributed by atoms with Gasteiger partial charge in [0.2, 0.25) is 0 Å². The molecule has 2 aromatic carbocycles. The van der Waals surface area contributed by atoms with Crippen LogP contribution in [0, 0.1) is 0 Å².